The van der Waals surface area contributed by atoms with Gasteiger partial charge < -0.3 is 0 Å². The predicted octanol–water partition coefficient (Wildman–Crippen LogP) is 6.35. The molecule has 1 N–H and O–H groups in total. The van der Waals surface area contributed by atoms with Crippen molar-refractivity contribution in [3.63, 3.8) is 0 Å². The van der Waals surface area contributed by atoms with Crippen LogP contribution in [0.1, 0.15) is 104 Å². The molecule has 0 spiro atoms. The van der Waals surface area contributed by atoms with Crippen LogP contribution in [0.2, 0.25) is 0 Å². The molecule has 0 bridgehead atoms. The van der Waals surface area contributed by atoms with E-state index in [1.165, 1.54) is 70.6 Å². The van der Waals surface area contributed by atoms with Crippen molar-refractivity contribution >= 4 is 0 Å². The van der Waals surface area contributed by atoms with Gasteiger partial charge in [-0.3, -0.25) is 5.26 Å². The lowest BCUT2D eigenvalue weighted by atomic mass is 9.57. The van der Waals surface area contributed by atoms with E-state index in [1.807, 2.05) is 0 Å². The maximum atomic E-state index is 9.80. The van der Waals surface area contributed by atoms with Crippen molar-refractivity contribution in [1.82, 2.24) is 0 Å². The molecular weight excluding hydrogens is 248 g/mol. The SMILES string of the molecule is CCCCC1(CCCC)CCCCC1(CCCC)OO. The second kappa shape index (κ2) is 9.04. The Hall–Kier alpha value is -0.0800. The lowest BCUT2D eigenvalue weighted by molar-refractivity contribution is -0.367. The molecule has 0 aromatic rings. The third-order valence-electron chi connectivity index (χ3n) is 5.58. The number of rotatable bonds is 10. The van der Waals surface area contributed by atoms with Gasteiger partial charge in [-0.05, 0) is 32.1 Å². The zero-order valence-corrected chi connectivity index (χ0v) is 14.0. The highest BCUT2D eigenvalue weighted by Gasteiger charge is 2.52. The minimum Gasteiger partial charge on any atom is -0.251 e. The molecule has 1 rings (SSSR count). The lowest BCUT2D eigenvalue weighted by Gasteiger charge is -2.52. The van der Waals surface area contributed by atoms with E-state index in [4.69, 9.17) is 4.89 Å². The van der Waals surface area contributed by atoms with Gasteiger partial charge in [0.1, 0.15) is 5.60 Å². The van der Waals surface area contributed by atoms with Crippen LogP contribution < -0.4 is 0 Å². The van der Waals surface area contributed by atoms with Crippen molar-refractivity contribution in [3.8, 4) is 0 Å². The van der Waals surface area contributed by atoms with Crippen LogP contribution in [0.3, 0.4) is 0 Å². The molecule has 1 aliphatic rings. The Bertz CT molecular complexity index is 244. The van der Waals surface area contributed by atoms with Gasteiger partial charge in [-0.2, -0.15) is 0 Å². The highest BCUT2D eigenvalue weighted by Crippen LogP contribution is 2.54. The fourth-order valence-corrected chi connectivity index (χ4v) is 4.27. The first-order valence-electron chi connectivity index (χ1n) is 9.03. The van der Waals surface area contributed by atoms with E-state index in [9.17, 15) is 5.26 Å². The maximum Gasteiger partial charge on any atom is 0.109 e. The molecule has 120 valence electrons. The molecule has 0 saturated heterocycles. The van der Waals surface area contributed by atoms with Crippen molar-refractivity contribution < 1.29 is 10.1 Å². The van der Waals surface area contributed by atoms with Crippen LogP contribution >= 0.6 is 0 Å². The summed E-state index contributed by atoms with van der Waals surface area (Å²) in [5.41, 5.74) is -0.0349. The van der Waals surface area contributed by atoms with Crippen molar-refractivity contribution in [2.24, 2.45) is 5.41 Å². The molecular formula is C18H36O2. The van der Waals surface area contributed by atoms with Crippen LogP contribution in [0.15, 0.2) is 0 Å². The van der Waals surface area contributed by atoms with Crippen molar-refractivity contribution in [2.45, 2.75) is 110 Å². The summed E-state index contributed by atoms with van der Waals surface area (Å²) in [5, 5.41) is 9.80. The van der Waals surface area contributed by atoms with Gasteiger partial charge in [-0.15, -0.1) is 0 Å². The monoisotopic (exact) mass is 284 g/mol. The van der Waals surface area contributed by atoms with Crippen LogP contribution in [0.5, 0.6) is 0 Å². The zero-order valence-electron chi connectivity index (χ0n) is 14.0. The first-order valence-corrected chi connectivity index (χ1v) is 9.03. The fourth-order valence-electron chi connectivity index (χ4n) is 4.27. The summed E-state index contributed by atoms with van der Waals surface area (Å²) in [4.78, 5) is 5.29. The largest absolute Gasteiger partial charge is 0.251 e. The average molecular weight is 284 g/mol. The summed E-state index contributed by atoms with van der Waals surface area (Å²) in [5.74, 6) is 0. The molecule has 2 nitrogen and oxygen atoms in total. The van der Waals surface area contributed by atoms with E-state index < -0.39 is 0 Å². The number of hydrogen-bond acceptors (Lipinski definition) is 2. The van der Waals surface area contributed by atoms with Crippen molar-refractivity contribution in [2.75, 3.05) is 0 Å². The Morgan fingerprint density at radius 3 is 1.80 bits per heavy atom. The summed E-state index contributed by atoms with van der Waals surface area (Å²) in [6, 6.07) is 0. The number of hydrogen-bond donors (Lipinski definition) is 1. The van der Waals surface area contributed by atoms with E-state index in [1.54, 1.807) is 0 Å². The van der Waals surface area contributed by atoms with E-state index in [2.05, 4.69) is 20.8 Å². The summed E-state index contributed by atoms with van der Waals surface area (Å²) in [6.07, 6.45) is 15.7. The van der Waals surface area contributed by atoms with Gasteiger partial charge in [-0.1, -0.05) is 72.1 Å². The summed E-state index contributed by atoms with van der Waals surface area (Å²) in [7, 11) is 0. The third kappa shape index (κ3) is 3.98. The lowest BCUT2D eigenvalue weighted by Crippen LogP contribution is -2.52. The van der Waals surface area contributed by atoms with E-state index in [0.29, 0.717) is 0 Å². The Morgan fingerprint density at radius 2 is 1.30 bits per heavy atom. The second-order valence-corrected chi connectivity index (χ2v) is 6.88. The van der Waals surface area contributed by atoms with Crippen LogP contribution in [0, 0.1) is 5.41 Å². The molecule has 0 aromatic heterocycles. The zero-order chi connectivity index (χ0) is 14.9. The third-order valence-corrected chi connectivity index (χ3v) is 5.58. The quantitative estimate of drug-likeness (QED) is 0.374. The average Bonchev–Trinajstić information content (AvgIpc) is 2.50. The normalized spacial score (nSPS) is 25.8. The first kappa shape index (κ1) is 18.0. The molecule has 0 aliphatic heterocycles. The summed E-state index contributed by atoms with van der Waals surface area (Å²) < 4.78 is 0. The Balaban J connectivity index is 2.95. The second-order valence-electron chi connectivity index (χ2n) is 6.88. The van der Waals surface area contributed by atoms with Gasteiger partial charge in [0, 0.05) is 5.41 Å². The van der Waals surface area contributed by atoms with E-state index in [0.717, 1.165) is 12.8 Å². The Morgan fingerprint density at radius 1 is 0.800 bits per heavy atom. The van der Waals surface area contributed by atoms with Crippen LogP contribution in [0.25, 0.3) is 0 Å². The van der Waals surface area contributed by atoms with Gasteiger partial charge in [0.2, 0.25) is 0 Å². The molecule has 0 radical (unpaired) electrons. The van der Waals surface area contributed by atoms with Crippen LogP contribution in [-0.2, 0) is 4.89 Å². The smallest absolute Gasteiger partial charge is 0.109 e. The molecule has 0 amide bonds. The summed E-state index contributed by atoms with van der Waals surface area (Å²) >= 11 is 0. The Labute approximate surface area is 126 Å². The van der Waals surface area contributed by atoms with E-state index in [-0.39, 0.29) is 11.0 Å². The highest BCUT2D eigenvalue weighted by atomic mass is 17.1. The van der Waals surface area contributed by atoms with Gasteiger partial charge in [-0.25, -0.2) is 4.89 Å². The molecule has 2 heteroatoms. The molecule has 20 heavy (non-hydrogen) atoms. The van der Waals surface area contributed by atoms with Gasteiger partial charge >= 0.3 is 0 Å². The minimum atomic E-state index is -0.258. The molecule has 1 atom stereocenters. The maximum absolute atomic E-state index is 9.80. The Kier molecular flexibility index (Phi) is 8.13. The van der Waals surface area contributed by atoms with Crippen LogP contribution in [0.4, 0.5) is 0 Å². The van der Waals surface area contributed by atoms with Crippen molar-refractivity contribution in [1.29, 1.82) is 0 Å². The van der Waals surface area contributed by atoms with Gasteiger partial charge in [0.15, 0.2) is 0 Å². The highest BCUT2D eigenvalue weighted by molar-refractivity contribution is 5.02. The molecule has 0 aromatic carbocycles. The molecule has 1 unspecified atom stereocenters. The molecule has 0 heterocycles. The van der Waals surface area contributed by atoms with Gasteiger partial charge in [0.25, 0.3) is 0 Å². The first-order chi connectivity index (χ1) is 9.70. The summed E-state index contributed by atoms with van der Waals surface area (Å²) in [6.45, 7) is 6.77. The predicted molar refractivity (Wildman–Crippen MR) is 85.9 cm³/mol. The fraction of sp³-hybridized carbons (Fsp3) is 1.00. The van der Waals surface area contributed by atoms with Gasteiger partial charge in [0.05, 0.1) is 0 Å². The molecule has 1 saturated carbocycles. The minimum absolute atomic E-state index is 0.223. The van der Waals surface area contributed by atoms with E-state index >= 15 is 0 Å². The molecule has 1 aliphatic carbocycles. The topological polar surface area (TPSA) is 29.5 Å². The number of unbranched alkanes of at least 4 members (excludes halogenated alkanes) is 3. The standard InChI is InChI=1S/C18H36O2/c1-4-7-12-17(13-8-5-2)14-10-11-16-18(17,20-19)15-9-6-3/h19H,4-16H2,1-3H3. The van der Waals surface area contributed by atoms with Crippen molar-refractivity contribution in [3.05, 3.63) is 0 Å². The van der Waals surface area contributed by atoms with Crippen LogP contribution in [-0.4, -0.2) is 10.9 Å². The molecule has 1 fully saturated rings.